The number of benzene rings is 1. The van der Waals surface area contributed by atoms with Crippen LogP contribution >= 0.6 is 0 Å². The van der Waals surface area contributed by atoms with Gasteiger partial charge in [0.15, 0.2) is 0 Å². The summed E-state index contributed by atoms with van der Waals surface area (Å²) in [5.74, 6) is -0.619. The largest absolute Gasteiger partial charge is 0.348 e. The highest BCUT2D eigenvalue weighted by molar-refractivity contribution is 6.00. The van der Waals surface area contributed by atoms with Crippen molar-refractivity contribution in [1.29, 1.82) is 0 Å². The van der Waals surface area contributed by atoms with Crippen molar-refractivity contribution in [2.45, 2.75) is 6.54 Å². The predicted octanol–water partition coefficient (Wildman–Crippen LogP) is 2.13. The van der Waals surface area contributed by atoms with Crippen LogP contribution in [0.4, 0.5) is 4.39 Å². The Morgan fingerprint density at radius 2 is 1.88 bits per heavy atom. The van der Waals surface area contributed by atoms with E-state index in [1.807, 2.05) is 0 Å². The lowest BCUT2D eigenvalue weighted by molar-refractivity contribution is 0.0966. The number of carbonyl (C=O) groups is 1. The number of hydrogen-bond donors (Lipinski definition) is 1. The highest BCUT2D eigenvalue weighted by atomic mass is 19.1. The molecule has 84 valence electrons. The van der Waals surface area contributed by atoms with E-state index >= 15 is 0 Å². The maximum Gasteiger partial charge on any atom is 0.251 e. The fourth-order valence-corrected chi connectivity index (χ4v) is 2.09. The summed E-state index contributed by atoms with van der Waals surface area (Å²) in [4.78, 5) is 15.1. The molecule has 1 amide bonds. The van der Waals surface area contributed by atoms with E-state index in [1.54, 1.807) is 30.3 Å². The second-order valence-electron chi connectivity index (χ2n) is 3.86. The molecule has 0 spiro atoms. The number of amides is 1. The first-order valence-corrected chi connectivity index (χ1v) is 5.28. The number of rotatable bonds is 1. The maximum absolute atomic E-state index is 13.6. The quantitative estimate of drug-likeness (QED) is 0.760. The summed E-state index contributed by atoms with van der Waals surface area (Å²) < 4.78 is 13.6. The summed E-state index contributed by atoms with van der Waals surface area (Å²) in [6.07, 6.45) is 1.41. The zero-order chi connectivity index (χ0) is 11.8. The highest BCUT2D eigenvalue weighted by Gasteiger charge is 2.22. The van der Waals surface area contributed by atoms with Crippen molar-refractivity contribution in [3.8, 4) is 11.1 Å². The Hall–Kier alpha value is -2.23. The molecule has 4 heteroatoms. The summed E-state index contributed by atoms with van der Waals surface area (Å²) in [5.41, 5.74) is 2.61. The van der Waals surface area contributed by atoms with Gasteiger partial charge in [0.1, 0.15) is 0 Å². The molecule has 0 atom stereocenters. The zero-order valence-corrected chi connectivity index (χ0v) is 8.90. The molecular weight excluding hydrogens is 219 g/mol. The van der Waals surface area contributed by atoms with Crippen LogP contribution in [0, 0.1) is 5.95 Å². The van der Waals surface area contributed by atoms with Crippen molar-refractivity contribution < 1.29 is 9.18 Å². The molecule has 2 aromatic rings. The molecule has 0 unspecified atom stereocenters. The standard InChI is InChI=1S/C13H9FN2O/c14-12-9(5-2-6-15-12)8-3-1-4-10-11(8)7-16-13(10)17/h1-6H,7H2,(H,16,17). The molecule has 3 nitrogen and oxygen atoms in total. The summed E-state index contributed by atoms with van der Waals surface area (Å²) in [6, 6.07) is 8.66. The number of fused-ring (bicyclic) bond motifs is 1. The maximum atomic E-state index is 13.6. The van der Waals surface area contributed by atoms with E-state index in [1.165, 1.54) is 6.20 Å². The second kappa shape index (κ2) is 3.66. The molecule has 1 aliphatic rings. The first-order chi connectivity index (χ1) is 8.27. The zero-order valence-electron chi connectivity index (χ0n) is 8.90. The summed E-state index contributed by atoms with van der Waals surface area (Å²) in [7, 11) is 0. The minimum atomic E-state index is -0.514. The third kappa shape index (κ3) is 1.49. The van der Waals surface area contributed by atoms with Crippen molar-refractivity contribution in [3.05, 3.63) is 53.6 Å². The molecule has 3 rings (SSSR count). The van der Waals surface area contributed by atoms with Gasteiger partial charge in [-0.2, -0.15) is 4.39 Å². The molecular formula is C13H9FN2O. The Morgan fingerprint density at radius 3 is 2.71 bits per heavy atom. The summed E-state index contributed by atoms with van der Waals surface area (Å²) >= 11 is 0. The number of aromatic nitrogens is 1. The second-order valence-corrected chi connectivity index (χ2v) is 3.86. The van der Waals surface area contributed by atoms with Crippen molar-refractivity contribution in [1.82, 2.24) is 10.3 Å². The Labute approximate surface area is 97.3 Å². The van der Waals surface area contributed by atoms with Crippen molar-refractivity contribution in [3.63, 3.8) is 0 Å². The van der Waals surface area contributed by atoms with Gasteiger partial charge in [0.2, 0.25) is 5.95 Å². The van der Waals surface area contributed by atoms with Crippen LogP contribution in [0.2, 0.25) is 0 Å². The Kier molecular flexibility index (Phi) is 2.14. The Morgan fingerprint density at radius 1 is 1.12 bits per heavy atom. The molecule has 17 heavy (non-hydrogen) atoms. The minimum Gasteiger partial charge on any atom is -0.348 e. The SMILES string of the molecule is O=C1NCc2c1cccc2-c1cccnc1F. The van der Waals surface area contributed by atoms with Crippen LogP contribution in [0.1, 0.15) is 15.9 Å². The molecule has 2 heterocycles. The van der Waals surface area contributed by atoms with Crippen molar-refractivity contribution in [2.24, 2.45) is 0 Å². The normalized spacial score (nSPS) is 13.4. The van der Waals surface area contributed by atoms with E-state index in [-0.39, 0.29) is 5.91 Å². The number of halogens is 1. The van der Waals surface area contributed by atoms with Gasteiger partial charge in [-0.1, -0.05) is 12.1 Å². The van der Waals surface area contributed by atoms with E-state index in [9.17, 15) is 9.18 Å². The Balaban J connectivity index is 2.24. The molecule has 0 fully saturated rings. The monoisotopic (exact) mass is 228 g/mol. The fourth-order valence-electron chi connectivity index (χ4n) is 2.09. The van der Waals surface area contributed by atoms with E-state index < -0.39 is 5.95 Å². The fraction of sp³-hybridized carbons (Fsp3) is 0.0769. The van der Waals surface area contributed by atoms with E-state index in [4.69, 9.17) is 0 Å². The van der Waals surface area contributed by atoms with Gasteiger partial charge in [-0.05, 0) is 29.3 Å². The topological polar surface area (TPSA) is 42.0 Å². The first kappa shape index (κ1) is 9.96. The van der Waals surface area contributed by atoms with Crippen LogP contribution in [0.25, 0.3) is 11.1 Å². The first-order valence-electron chi connectivity index (χ1n) is 5.28. The number of hydrogen-bond acceptors (Lipinski definition) is 2. The lowest BCUT2D eigenvalue weighted by Gasteiger charge is -2.07. The number of nitrogens with one attached hydrogen (secondary N) is 1. The van der Waals surface area contributed by atoms with Crippen LogP contribution in [-0.2, 0) is 6.54 Å². The Bertz CT molecular complexity index is 610. The van der Waals surface area contributed by atoms with E-state index in [2.05, 4.69) is 10.3 Å². The lowest BCUT2D eigenvalue weighted by atomic mass is 9.98. The van der Waals surface area contributed by atoms with Crippen LogP contribution < -0.4 is 5.32 Å². The number of pyridine rings is 1. The third-order valence-electron chi connectivity index (χ3n) is 2.90. The summed E-state index contributed by atoms with van der Waals surface area (Å²) in [6.45, 7) is 0.443. The molecule has 0 bridgehead atoms. The van der Waals surface area contributed by atoms with Crippen molar-refractivity contribution in [2.75, 3.05) is 0 Å². The molecule has 1 aliphatic heterocycles. The van der Waals surface area contributed by atoms with Gasteiger partial charge in [-0.15, -0.1) is 0 Å². The molecule has 0 aliphatic carbocycles. The van der Waals surface area contributed by atoms with E-state index in [0.29, 0.717) is 17.7 Å². The van der Waals surface area contributed by atoms with Gasteiger partial charge >= 0.3 is 0 Å². The van der Waals surface area contributed by atoms with Gasteiger partial charge in [-0.3, -0.25) is 4.79 Å². The summed E-state index contributed by atoms with van der Waals surface area (Å²) in [5, 5.41) is 2.73. The van der Waals surface area contributed by atoms with Crippen LogP contribution in [0.15, 0.2) is 36.5 Å². The molecule has 1 N–H and O–H groups in total. The highest BCUT2D eigenvalue weighted by Crippen LogP contribution is 2.29. The van der Waals surface area contributed by atoms with Crippen molar-refractivity contribution >= 4 is 5.91 Å². The average molecular weight is 228 g/mol. The number of carbonyl (C=O) groups excluding carboxylic acids is 1. The molecule has 1 aromatic carbocycles. The van der Waals surface area contributed by atoms with Crippen LogP contribution in [-0.4, -0.2) is 10.9 Å². The lowest BCUT2D eigenvalue weighted by Crippen LogP contribution is -2.12. The molecule has 0 radical (unpaired) electrons. The smallest absolute Gasteiger partial charge is 0.251 e. The van der Waals surface area contributed by atoms with Gasteiger partial charge < -0.3 is 5.32 Å². The average Bonchev–Trinajstić information content (AvgIpc) is 2.72. The van der Waals surface area contributed by atoms with Crippen LogP contribution in [0.5, 0.6) is 0 Å². The third-order valence-corrected chi connectivity index (χ3v) is 2.90. The predicted molar refractivity (Wildman–Crippen MR) is 60.8 cm³/mol. The van der Waals surface area contributed by atoms with Crippen LogP contribution in [0.3, 0.4) is 0 Å². The van der Waals surface area contributed by atoms with Gasteiger partial charge in [0, 0.05) is 23.9 Å². The minimum absolute atomic E-state index is 0.105. The molecule has 0 saturated heterocycles. The molecule has 0 saturated carbocycles. The van der Waals surface area contributed by atoms with Gasteiger partial charge in [0.25, 0.3) is 5.91 Å². The van der Waals surface area contributed by atoms with Gasteiger partial charge in [-0.25, -0.2) is 4.98 Å². The molecule has 1 aromatic heterocycles. The van der Waals surface area contributed by atoms with Gasteiger partial charge in [0.05, 0.1) is 0 Å². The number of nitrogens with zero attached hydrogens (tertiary/aromatic N) is 1. The van der Waals surface area contributed by atoms with E-state index in [0.717, 1.165) is 11.1 Å².